The summed E-state index contributed by atoms with van der Waals surface area (Å²) in [6, 6.07) is 5.86. The number of hydrogen-bond acceptors (Lipinski definition) is 6. The molecule has 1 saturated heterocycles. The van der Waals surface area contributed by atoms with Crippen molar-refractivity contribution in [2.24, 2.45) is 5.41 Å². The SMILES string of the molecule is C=CC(=O)N1CC2(CC(Nc3cnc4[nH]cc(C#Cc5cc(OC)cc(OC)c5)c4n3)C2)C1. The predicted octanol–water partition coefficient (Wildman–Crippen LogP) is 2.96. The van der Waals surface area contributed by atoms with Crippen LogP contribution in [0.2, 0.25) is 0 Å². The number of H-pyrrole nitrogens is 1. The van der Waals surface area contributed by atoms with Gasteiger partial charge in [-0.25, -0.2) is 9.97 Å². The molecular formula is C25H25N5O3. The zero-order valence-electron chi connectivity index (χ0n) is 18.6. The Bertz CT molecular complexity index is 1270. The number of likely N-dealkylation sites (tertiary alicyclic amines) is 1. The molecule has 8 heteroatoms. The van der Waals surface area contributed by atoms with Gasteiger partial charge in [-0.05, 0) is 31.1 Å². The first kappa shape index (κ1) is 20.9. The molecule has 33 heavy (non-hydrogen) atoms. The normalized spacial score (nSPS) is 16.4. The summed E-state index contributed by atoms with van der Waals surface area (Å²) >= 11 is 0. The number of carbonyl (C=O) groups is 1. The van der Waals surface area contributed by atoms with E-state index < -0.39 is 0 Å². The molecular weight excluding hydrogens is 418 g/mol. The lowest BCUT2D eigenvalue weighted by atomic mass is 9.60. The molecule has 3 aromatic rings. The van der Waals surface area contributed by atoms with Crippen LogP contribution in [0.5, 0.6) is 11.5 Å². The molecule has 0 bridgehead atoms. The van der Waals surface area contributed by atoms with E-state index in [9.17, 15) is 4.79 Å². The standard InChI is InChI=1S/C25H25N5O3/c1-4-22(31)30-14-25(15-30)10-18(11-25)28-21-13-27-24-23(29-21)17(12-26-24)6-5-16-7-19(32-2)9-20(8-16)33-3/h4,7-9,12-13,18H,1,10-11,14-15H2,2-3H3,(H,26,27)(H,28,29). The zero-order chi connectivity index (χ0) is 23.0. The number of methoxy groups -OCH3 is 2. The van der Waals surface area contributed by atoms with Crippen molar-refractivity contribution in [3.8, 4) is 23.3 Å². The zero-order valence-corrected chi connectivity index (χ0v) is 18.6. The Morgan fingerprint density at radius 1 is 1.24 bits per heavy atom. The first-order valence-electron chi connectivity index (χ1n) is 10.8. The molecule has 0 radical (unpaired) electrons. The lowest BCUT2D eigenvalue weighted by molar-refractivity contribution is -0.144. The molecule has 2 fully saturated rings. The number of amides is 1. The van der Waals surface area contributed by atoms with E-state index in [0.717, 1.165) is 48.4 Å². The first-order valence-corrected chi connectivity index (χ1v) is 10.8. The average Bonchev–Trinajstić information content (AvgIpc) is 3.19. The van der Waals surface area contributed by atoms with Crippen LogP contribution < -0.4 is 14.8 Å². The van der Waals surface area contributed by atoms with E-state index in [1.54, 1.807) is 20.4 Å². The van der Waals surface area contributed by atoms with Crippen molar-refractivity contribution in [2.45, 2.75) is 18.9 Å². The topological polar surface area (TPSA) is 92.4 Å². The summed E-state index contributed by atoms with van der Waals surface area (Å²) in [5, 5.41) is 3.48. The predicted molar refractivity (Wildman–Crippen MR) is 125 cm³/mol. The number of rotatable bonds is 5. The Balaban J connectivity index is 1.29. The van der Waals surface area contributed by atoms with Gasteiger partial charge in [0, 0.05) is 42.4 Å². The van der Waals surface area contributed by atoms with Gasteiger partial charge in [0.15, 0.2) is 5.65 Å². The third-order valence-corrected chi connectivity index (χ3v) is 6.32. The minimum Gasteiger partial charge on any atom is -0.497 e. The van der Waals surface area contributed by atoms with E-state index in [1.807, 2.05) is 29.3 Å². The third kappa shape index (κ3) is 3.98. The van der Waals surface area contributed by atoms with Gasteiger partial charge < -0.3 is 24.7 Å². The van der Waals surface area contributed by atoms with Crippen molar-refractivity contribution in [1.82, 2.24) is 19.9 Å². The maximum Gasteiger partial charge on any atom is 0.245 e. The third-order valence-electron chi connectivity index (χ3n) is 6.32. The van der Waals surface area contributed by atoms with Crippen LogP contribution in [-0.4, -0.2) is 59.1 Å². The molecule has 1 aromatic carbocycles. The van der Waals surface area contributed by atoms with E-state index in [1.165, 1.54) is 6.08 Å². The molecule has 2 aromatic heterocycles. The number of nitrogens with zero attached hydrogens (tertiary/aromatic N) is 3. The summed E-state index contributed by atoms with van der Waals surface area (Å²) < 4.78 is 10.6. The summed E-state index contributed by atoms with van der Waals surface area (Å²) in [7, 11) is 3.23. The molecule has 0 atom stereocenters. The number of anilines is 1. The molecule has 1 aliphatic carbocycles. The van der Waals surface area contributed by atoms with Crippen LogP contribution in [0.3, 0.4) is 0 Å². The highest BCUT2D eigenvalue weighted by atomic mass is 16.5. The molecule has 0 unspecified atom stereocenters. The Morgan fingerprint density at radius 2 is 1.97 bits per heavy atom. The Labute approximate surface area is 192 Å². The second kappa shape index (κ2) is 8.17. The Morgan fingerprint density at radius 3 is 2.64 bits per heavy atom. The Kier molecular flexibility index (Phi) is 5.17. The van der Waals surface area contributed by atoms with Gasteiger partial charge in [0.25, 0.3) is 0 Å². The number of aromatic amines is 1. The van der Waals surface area contributed by atoms with Crippen LogP contribution in [0.1, 0.15) is 24.0 Å². The van der Waals surface area contributed by atoms with Gasteiger partial charge in [-0.3, -0.25) is 4.79 Å². The smallest absolute Gasteiger partial charge is 0.245 e. The quantitative estimate of drug-likeness (QED) is 0.465. The van der Waals surface area contributed by atoms with Crippen molar-refractivity contribution >= 4 is 22.9 Å². The highest BCUT2D eigenvalue weighted by molar-refractivity contribution is 5.87. The number of carbonyl (C=O) groups excluding carboxylic acids is 1. The van der Waals surface area contributed by atoms with E-state index in [0.29, 0.717) is 23.2 Å². The maximum absolute atomic E-state index is 11.7. The van der Waals surface area contributed by atoms with Crippen LogP contribution in [0.4, 0.5) is 5.82 Å². The highest BCUT2D eigenvalue weighted by Crippen LogP contribution is 2.49. The average molecular weight is 444 g/mol. The molecule has 2 aliphatic rings. The summed E-state index contributed by atoms with van der Waals surface area (Å²) in [5.41, 5.74) is 3.22. The van der Waals surface area contributed by atoms with E-state index in [2.05, 4.69) is 33.7 Å². The summed E-state index contributed by atoms with van der Waals surface area (Å²) in [5.74, 6) is 8.45. The van der Waals surface area contributed by atoms with Crippen LogP contribution in [0.25, 0.3) is 11.2 Å². The summed E-state index contributed by atoms with van der Waals surface area (Å²) in [4.78, 5) is 25.9. The highest BCUT2D eigenvalue weighted by Gasteiger charge is 2.53. The van der Waals surface area contributed by atoms with Crippen molar-refractivity contribution in [3.05, 3.63) is 54.4 Å². The molecule has 1 spiro atoms. The van der Waals surface area contributed by atoms with Gasteiger partial charge in [-0.1, -0.05) is 18.4 Å². The van der Waals surface area contributed by atoms with Crippen LogP contribution in [-0.2, 0) is 4.79 Å². The van der Waals surface area contributed by atoms with Gasteiger partial charge >= 0.3 is 0 Å². The molecule has 5 rings (SSSR count). The van der Waals surface area contributed by atoms with Crippen molar-refractivity contribution in [1.29, 1.82) is 0 Å². The summed E-state index contributed by atoms with van der Waals surface area (Å²) in [6.07, 6.45) is 6.98. The molecule has 1 aliphatic heterocycles. The molecule has 1 amide bonds. The van der Waals surface area contributed by atoms with Crippen LogP contribution >= 0.6 is 0 Å². The second-order valence-corrected chi connectivity index (χ2v) is 8.65. The fraction of sp³-hybridized carbons (Fsp3) is 0.320. The second-order valence-electron chi connectivity index (χ2n) is 8.65. The van der Waals surface area contributed by atoms with Crippen LogP contribution in [0, 0.1) is 17.3 Å². The molecule has 3 heterocycles. The molecule has 2 N–H and O–H groups in total. The van der Waals surface area contributed by atoms with Gasteiger partial charge in [0.1, 0.15) is 22.8 Å². The maximum atomic E-state index is 11.7. The molecule has 8 nitrogen and oxygen atoms in total. The summed E-state index contributed by atoms with van der Waals surface area (Å²) in [6.45, 7) is 5.18. The minimum absolute atomic E-state index is 0.0156. The van der Waals surface area contributed by atoms with Crippen LogP contribution in [0.15, 0.2) is 43.2 Å². The van der Waals surface area contributed by atoms with Crippen molar-refractivity contribution in [2.75, 3.05) is 32.6 Å². The van der Waals surface area contributed by atoms with Crippen molar-refractivity contribution < 1.29 is 14.3 Å². The van der Waals surface area contributed by atoms with E-state index >= 15 is 0 Å². The van der Waals surface area contributed by atoms with E-state index in [4.69, 9.17) is 14.5 Å². The van der Waals surface area contributed by atoms with Crippen molar-refractivity contribution in [3.63, 3.8) is 0 Å². The number of hydrogen-bond donors (Lipinski definition) is 2. The number of aromatic nitrogens is 3. The fourth-order valence-corrected chi connectivity index (χ4v) is 4.68. The molecule has 1 saturated carbocycles. The number of ether oxygens (including phenoxy) is 2. The van der Waals surface area contributed by atoms with Gasteiger partial charge in [0.2, 0.25) is 5.91 Å². The monoisotopic (exact) mass is 443 g/mol. The number of nitrogens with one attached hydrogen (secondary N) is 2. The number of benzene rings is 1. The number of fused-ring (bicyclic) bond motifs is 1. The largest absolute Gasteiger partial charge is 0.497 e. The van der Waals surface area contributed by atoms with Gasteiger partial charge in [-0.15, -0.1) is 0 Å². The fourth-order valence-electron chi connectivity index (χ4n) is 4.68. The van der Waals surface area contributed by atoms with Gasteiger partial charge in [0.05, 0.1) is 26.0 Å². The minimum atomic E-state index is 0.0156. The first-order chi connectivity index (χ1) is 16.0. The molecule has 168 valence electrons. The Hall–Kier alpha value is -3.99. The lowest BCUT2D eigenvalue weighted by Crippen LogP contribution is -2.65. The lowest BCUT2D eigenvalue weighted by Gasteiger charge is -2.58. The van der Waals surface area contributed by atoms with Gasteiger partial charge in [-0.2, -0.15) is 0 Å². The van der Waals surface area contributed by atoms with E-state index in [-0.39, 0.29) is 11.3 Å².